The van der Waals surface area contributed by atoms with Crippen molar-refractivity contribution in [2.24, 2.45) is 11.8 Å². The standard InChI is InChI=1S/C20H38N2/c1-19-9-3-5-13-21(17-11-19)15-7-8-16-22-14-6-4-10-20(2)12-18-22/h7-8,19-20H,3-6,9-18H2,1-2H3. The molecule has 128 valence electrons. The molecule has 0 radical (unpaired) electrons. The van der Waals surface area contributed by atoms with Gasteiger partial charge in [-0.3, -0.25) is 9.80 Å². The van der Waals surface area contributed by atoms with Crippen molar-refractivity contribution in [1.29, 1.82) is 0 Å². The van der Waals surface area contributed by atoms with Gasteiger partial charge in [0.25, 0.3) is 0 Å². The van der Waals surface area contributed by atoms with Crippen LogP contribution in [0, 0.1) is 11.8 Å². The van der Waals surface area contributed by atoms with Crippen LogP contribution in [0.3, 0.4) is 0 Å². The van der Waals surface area contributed by atoms with Crippen molar-refractivity contribution in [3.05, 3.63) is 12.2 Å². The lowest BCUT2D eigenvalue weighted by molar-refractivity contribution is 0.239. The molecular formula is C20H38N2. The third kappa shape index (κ3) is 7.28. The zero-order valence-corrected chi connectivity index (χ0v) is 15.1. The molecule has 0 amide bonds. The first kappa shape index (κ1) is 18.0. The van der Waals surface area contributed by atoms with Gasteiger partial charge in [0.1, 0.15) is 0 Å². The van der Waals surface area contributed by atoms with E-state index < -0.39 is 0 Å². The summed E-state index contributed by atoms with van der Waals surface area (Å²) in [7, 11) is 0. The maximum absolute atomic E-state index is 2.65. The van der Waals surface area contributed by atoms with Crippen molar-refractivity contribution in [2.75, 3.05) is 39.3 Å². The molecule has 2 heterocycles. The number of hydrogen-bond donors (Lipinski definition) is 0. The Morgan fingerprint density at radius 1 is 0.636 bits per heavy atom. The summed E-state index contributed by atoms with van der Waals surface area (Å²) in [4.78, 5) is 5.31. The second kappa shape index (κ2) is 10.4. The zero-order valence-electron chi connectivity index (χ0n) is 15.1. The Bertz CT molecular complexity index is 283. The Labute approximate surface area is 138 Å². The average molecular weight is 307 g/mol. The quantitative estimate of drug-likeness (QED) is 0.702. The van der Waals surface area contributed by atoms with Gasteiger partial charge >= 0.3 is 0 Å². The monoisotopic (exact) mass is 306 g/mol. The minimum atomic E-state index is 0.926. The van der Waals surface area contributed by atoms with Gasteiger partial charge in [0.2, 0.25) is 0 Å². The molecule has 0 aromatic carbocycles. The first-order valence-corrected chi connectivity index (χ1v) is 9.83. The minimum Gasteiger partial charge on any atom is -0.300 e. The molecule has 2 heteroatoms. The van der Waals surface area contributed by atoms with E-state index in [2.05, 4.69) is 35.8 Å². The van der Waals surface area contributed by atoms with Gasteiger partial charge in [0.15, 0.2) is 0 Å². The Morgan fingerprint density at radius 2 is 1.09 bits per heavy atom. The molecule has 0 aromatic heterocycles. The van der Waals surface area contributed by atoms with Crippen molar-refractivity contribution >= 4 is 0 Å². The molecule has 2 nitrogen and oxygen atoms in total. The van der Waals surface area contributed by atoms with E-state index in [1.807, 2.05) is 0 Å². The van der Waals surface area contributed by atoms with Crippen LogP contribution in [-0.4, -0.2) is 49.1 Å². The molecule has 2 aliphatic rings. The van der Waals surface area contributed by atoms with Crippen LogP contribution in [-0.2, 0) is 0 Å². The molecule has 0 spiro atoms. The van der Waals surface area contributed by atoms with Gasteiger partial charge in [-0.25, -0.2) is 0 Å². The number of likely N-dealkylation sites (tertiary alicyclic amines) is 2. The van der Waals surface area contributed by atoms with Gasteiger partial charge in [0.05, 0.1) is 0 Å². The van der Waals surface area contributed by atoms with Crippen LogP contribution in [0.2, 0.25) is 0 Å². The van der Waals surface area contributed by atoms with Crippen LogP contribution in [0.15, 0.2) is 12.2 Å². The van der Waals surface area contributed by atoms with Crippen molar-refractivity contribution < 1.29 is 0 Å². The first-order valence-electron chi connectivity index (χ1n) is 9.83. The summed E-state index contributed by atoms with van der Waals surface area (Å²) >= 11 is 0. The van der Waals surface area contributed by atoms with Gasteiger partial charge in [-0.05, 0) is 63.7 Å². The van der Waals surface area contributed by atoms with Crippen LogP contribution in [0.1, 0.15) is 65.2 Å². The summed E-state index contributed by atoms with van der Waals surface area (Å²) in [5.41, 5.74) is 0. The summed E-state index contributed by atoms with van der Waals surface area (Å²) < 4.78 is 0. The first-order chi connectivity index (χ1) is 10.7. The molecule has 2 rings (SSSR count). The predicted octanol–water partition coefficient (Wildman–Crippen LogP) is 4.57. The molecule has 0 aromatic rings. The molecule has 2 atom stereocenters. The highest BCUT2D eigenvalue weighted by Crippen LogP contribution is 2.17. The molecule has 0 saturated carbocycles. The maximum Gasteiger partial charge on any atom is 0.0163 e. The van der Waals surface area contributed by atoms with Crippen molar-refractivity contribution in [2.45, 2.75) is 65.2 Å². The smallest absolute Gasteiger partial charge is 0.0163 e. The van der Waals surface area contributed by atoms with Crippen LogP contribution in [0.5, 0.6) is 0 Å². The number of nitrogens with zero attached hydrogens (tertiary/aromatic N) is 2. The third-order valence-electron chi connectivity index (χ3n) is 5.61. The van der Waals surface area contributed by atoms with Crippen molar-refractivity contribution in [1.82, 2.24) is 9.80 Å². The Kier molecular flexibility index (Phi) is 8.54. The van der Waals surface area contributed by atoms with Crippen LogP contribution >= 0.6 is 0 Å². The predicted molar refractivity (Wildman–Crippen MR) is 97.3 cm³/mol. The van der Waals surface area contributed by atoms with Gasteiger partial charge in [-0.1, -0.05) is 51.7 Å². The van der Waals surface area contributed by atoms with Crippen molar-refractivity contribution in [3.63, 3.8) is 0 Å². The molecule has 0 aliphatic carbocycles. The van der Waals surface area contributed by atoms with E-state index in [1.54, 1.807) is 0 Å². The van der Waals surface area contributed by atoms with Crippen LogP contribution < -0.4 is 0 Å². The summed E-state index contributed by atoms with van der Waals surface area (Å²) in [6, 6.07) is 0. The second-order valence-electron chi connectivity index (χ2n) is 7.85. The fraction of sp³-hybridized carbons (Fsp3) is 0.900. The molecule has 2 saturated heterocycles. The Morgan fingerprint density at radius 3 is 1.55 bits per heavy atom. The van der Waals surface area contributed by atoms with Gasteiger partial charge < -0.3 is 0 Å². The SMILES string of the molecule is CC1CCCCN(CC=CCN2CCCCC(C)CC2)CC1. The topological polar surface area (TPSA) is 6.48 Å². The average Bonchev–Trinajstić information content (AvgIpc) is 2.48. The Hall–Kier alpha value is -0.340. The highest BCUT2D eigenvalue weighted by Gasteiger charge is 2.12. The zero-order chi connectivity index (χ0) is 15.6. The van der Waals surface area contributed by atoms with E-state index in [4.69, 9.17) is 0 Å². The van der Waals surface area contributed by atoms with E-state index in [-0.39, 0.29) is 0 Å². The maximum atomic E-state index is 2.65. The molecular weight excluding hydrogens is 268 g/mol. The lowest BCUT2D eigenvalue weighted by Gasteiger charge is -2.27. The van der Waals surface area contributed by atoms with Crippen LogP contribution in [0.25, 0.3) is 0 Å². The Balaban J connectivity index is 1.65. The van der Waals surface area contributed by atoms with E-state index in [0.29, 0.717) is 0 Å². The third-order valence-corrected chi connectivity index (χ3v) is 5.61. The van der Waals surface area contributed by atoms with E-state index in [1.165, 1.54) is 77.5 Å². The van der Waals surface area contributed by atoms with Crippen LogP contribution in [0.4, 0.5) is 0 Å². The highest BCUT2D eigenvalue weighted by atomic mass is 15.1. The molecule has 2 aliphatic heterocycles. The largest absolute Gasteiger partial charge is 0.300 e. The summed E-state index contributed by atoms with van der Waals surface area (Å²) in [5, 5.41) is 0. The lowest BCUT2D eigenvalue weighted by atomic mass is 9.98. The molecule has 2 fully saturated rings. The summed E-state index contributed by atoms with van der Waals surface area (Å²) in [5.74, 6) is 1.85. The van der Waals surface area contributed by atoms with E-state index in [9.17, 15) is 0 Å². The highest BCUT2D eigenvalue weighted by molar-refractivity contribution is 4.88. The molecule has 0 N–H and O–H groups in total. The summed E-state index contributed by atoms with van der Waals surface area (Å²) in [6.45, 7) is 12.4. The normalized spacial score (nSPS) is 30.6. The van der Waals surface area contributed by atoms with Gasteiger partial charge in [-0.15, -0.1) is 0 Å². The number of hydrogen-bond acceptors (Lipinski definition) is 2. The molecule has 22 heavy (non-hydrogen) atoms. The molecule has 2 unspecified atom stereocenters. The summed E-state index contributed by atoms with van der Waals surface area (Å²) in [6.07, 6.45) is 16.1. The lowest BCUT2D eigenvalue weighted by Crippen LogP contribution is -2.30. The fourth-order valence-electron chi connectivity index (χ4n) is 3.79. The van der Waals surface area contributed by atoms with E-state index >= 15 is 0 Å². The van der Waals surface area contributed by atoms with E-state index in [0.717, 1.165) is 24.9 Å². The van der Waals surface area contributed by atoms with Crippen molar-refractivity contribution in [3.8, 4) is 0 Å². The fourth-order valence-corrected chi connectivity index (χ4v) is 3.79. The minimum absolute atomic E-state index is 0.926. The van der Waals surface area contributed by atoms with Gasteiger partial charge in [0, 0.05) is 13.1 Å². The second-order valence-corrected chi connectivity index (χ2v) is 7.85. The number of rotatable bonds is 4. The van der Waals surface area contributed by atoms with Gasteiger partial charge in [-0.2, -0.15) is 0 Å². The molecule has 0 bridgehead atoms.